The Morgan fingerprint density at radius 3 is 1.04 bits per heavy atom. The van der Waals surface area contributed by atoms with Gasteiger partial charge in [-0.3, -0.25) is 4.79 Å². The Balaban J connectivity index is 1.64. The molecule has 12 atom stereocenters. The standard InChI is InChI=1S/C80H151NO13/c1-3-5-7-9-11-13-15-17-19-21-23-25-27-29-31-33-34-36-37-39-41-43-45-47-49-51-53-55-57-59-61-63-69(84)68(67-91-79-77(90)75(88)78(71(66-83)93-79)94-80-76(89)74(87)73(86)70(65-82)92-80)81-72(85)64-62-60-58-56-54-52-50-48-46-44-42-40-38-35-32-30-28-26-24-22-20-18-16-14-12-10-8-6-4-2/h45,47,53,55,61,63,68-71,73-80,82-84,86-90H,3-44,46,48-52,54,56-60,62,64-67H2,1-2H3,(H,81,85)/b47-45+,55-53+,63-61+. The molecule has 1 amide bonds. The molecule has 0 bridgehead atoms. The highest BCUT2D eigenvalue weighted by Crippen LogP contribution is 2.30. The summed E-state index contributed by atoms with van der Waals surface area (Å²) in [4.78, 5) is 13.4. The van der Waals surface area contributed by atoms with Gasteiger partial charge in [-0.15, -0.1) is 0 Å². The van der Waals surface area contributed by atoms with E-state index in [4.69, 9.17) is 18.9 Å². The molecule has 2 aliphatic rings. The number of nitrogens with one attached hydrogen (secondary N) is 1. The lowest BCUT2D eigenvalue weighted by Gasteiger charge is -2.46. The van der Waals surface area contributed by atoms with Crippen LogP contribution in [0.5, 0.6) is 0 Å². The van der Waals surface area contributed by atoms with Gasteiger partial charge in [0.2, 0.25) is 5.91 Å². The molecule has 0 spiro atoms. The van der Waals surface area contributed by atoms with Crippen LogP contribution < -0.4 is 5.32 Å². The summed E-state index contributed by atoms with van der Waals surface area (Å²) in [5.74, 6) is -0.245. The third kappa shape index (κ3) is 47.3. The average molecular weight is 1340 g/mol. The van der Waals surface area contributed by atoms with E-state index in [0.717, 1.165) is 44.9 Å². The second-order valence-corrected chi connectivity index (χ2v) is 28.5. The van der Waals surface area contributed by atoms with E-state index < -0.39 is 86.8 Å². The van der Waals surface area contributed by atoms with E-state index in [2.05, 4.69) is 43.5 Å². The van der Waals surface area contributed by atoms with E-state index in [1.807, 2.05) is 6.08 Å². The van der Waals surface area contributed by atoms with Gasteiger partial charge in [-0.2, -0.15) is 0 Å². The monoisotopic (exact) mass is 1330 g/mol. The highest BCUT2D eigenvalue weighted by molar-refractivity contribution is 5.76. The van der Waals surface area contributed by atoms with Crippen LogP contribution >= 0.6 is 0 Å². The van der Waals surface area contributed by atoms with Gasteiger partial charge in [0.25, 0.3) is 0 Å². The molecule has 2 fully saturated rings. The molecule has 94 heavy (non-hydrogen) atoms. The number of amides is 1. The van der Waals surface area contributed by atoms with E-state index in [1.54, 1.807) is 6.08 Å². The molecule has 0 aromatic rings. The number of ether oxygens (including phenoxy) is 4. The molecule has 554 valence electrons. The molecule has 14 nitrogen and oxygen atoms in total. The lowest BCUT2D eigenvalue weighted by atomic mass is 9.97. The Morgan fingerprint density at radius 2 is 0.681 bits per heavy atom. The third-order valence-corrected chi connectivity index (χ3v) is 19.8. The molecule has 2 heterocycles. The predicted molar refractivity (Wildman–Crippen MR) is 388 cm³/mol. The van der Waals surface area contributed by atoms with E-state index in [1.165, 1.54) is 295 Å². The fourth-order valence-electron chi connectivity index (χ4n) is 13.4. The van der Waals surface area contributed by atoms with Crippen molar-refractivity contribution >= 4 is 5.91 Å². The summed E-state index contributed by atoms with van der Waals surface area (Å²) >= 11 is 0. The van der Waals surface area contributed by atoms with Crippen molar-refractivity contribution in [2.75, 3.05) is 19.8 Å². The van der Waals surface area contributed by atoms with Crippen LogP contribution in [0, 0.1) is 0 Å². The van der Waals surface area contributed by atoms with Crippen LogP contribution in [0.2, 0.25) is 0 Å². The third-order valence-electron chi connectivity index (χ3n) is 19.8. The van der Waals surface area contributed by atoms with Gasteiger partial charge in [0.1, 0.15) is 48.8 Å². The van der Waals surface area contributed by atoms with Crippen molar-refractivity contribution in [3.8, 4) is 0 Å². The first kappa shape index (κ1) is 88.3. The summed E-state index contributed by atoms with van der Waals surface area (Å²) < 4.78 is 22.9. The van der Waals surface area contributed by atoms with Crippen LogP contribution in [0.25, 0.3) is 0 Å². The SMILES string of the molecule is CCCCCCCCCCCCCCCCCCCCCCC/C=C/CC/C=C/CC/C=C/C(O)C(COC1OC(CO)C(OC2OC(CO)C(O)C(O)C2O)C(O)C1O)NC(=O)CCCCCCCCCCCCCCCCCCCCCCCCCCCCCCC. The molecule has 0 aliphatic carbocycles. The second kappa shape index (κ2) is 64.6. The summed E-state index contributed by atoms with van der Waals surface area (Å²) in [5, 5.41) is 87.6. The minimum absolute atomic E-state index is 0.245. The molecule has 12 unspecified atom stereocenters. The fraction of sp³-hybridized carbons (Fsp3) is 0.912. The van der Waals surface area contributed by atoms with Crippen LogP contribution in [-0.2, 0) is 23.7 Å². The first-order valence-electron chi connectivity index (χ1n) is 40.2. The van der Waals surface area contributed by atoms with Crippen molar-refractivity contribution < 1.29 is 64.6 Å². The summed E-state index contributed by atoms with van der Waals surface area (Å²) in [6.45, 7) is 2.84. The predicted octanol–water partition coefficient (Wildman–Crippen LogP) is 18.0. The van der Waals surface area contributed by atoms with E-state index in [9.17, 15) is 45.6 Å². The number of carbonyl (C=O) groups is 1. The number of allylic oxidation sites excluding steroid dienone is 5. The average Bonchev–Trinajstić information content (AvgIpc) is 0.794. The zero-order chi connectivity index (χ0) is 68.0. The Morgan fingerprint density at radius 1 is 0.372 bits per heavy atom. The molecule has 14 heteroatoms. The summed E-state index contributed by atoms with van der Waals surface area (Å²) in [5.41, 5.74) is 0. The van der Waals surface area contributed by atoms with Gasteiger partial charge < -0.3 is 65.1 Å². The minimum atomic E-state index is -1.79. The number of rotatable bonds is 68. The fourth-order valence-corrected chi connectivity index (χ4v) is 13.4. The molecular formula is C80H151NO13. The highest BCUT2D eigenvalue weighted by Gasteiger charge is 2.51. The highest BCUT2D eigenvalue weighted by atomic mass is 16.7. The smallest absolute Gasteiger partial charge is 0.220 e. The number of aliphatic hydroxyl groups excluding tert-OH is 8. The maximum Gasteiger partial charge on any atom is 0.220 e. The lowest BCUT2D eigenvalue weighted by molar-refractivity contribution is -0.359. The zero-order valence-corrected chi connectivity index (χ0v) is 60.7. The van der Waals surface area contributed by atoms with Crippen LogP contribution in [0.4, 0.5) is 0 Å². The largest absolute Gasteiger partial charge is 0.394 e. The quantitative estimate of drug-likeness (QED) is 0.0204. The molecule has 0 saturated carbocycles. The van der Waals surface area contributed by atoms with Crippen LogP contribution in [0.15, 0.2) is 36.5 Å². The first-order valence-corrected chi connectivity index (χ1v) is 40.2. The maximum atomic E-state index is 13.4. The second-order valence-electron chi connectivity index (χ2n) is 28.5. The number of hydrogen-bond acceptors (Lipinski definition) is 13. The molecule has 0 aromatic heterocycles. The Kier molecular flexibility index (Phi) is 60.7. The Bertz CT molecular complexity index is 1720. The van der Waals surface area contributed by atoms with Crippen molar-refractivity contribution in [2.45, 2.75) is 447 Å². The molecule has 9 N–H and O–H groups in total. The van der Waals surface area contributed by atoms with Crippen molar-refractivity contribution in [2.24, 2.45) is 0 Å². The number of aliphatic hydroxyl groups is 8. The van der Waals surface area contributed by atoms with Crippen molar-refractivity contribution in [3.05, 3.63) is 36.5 Å². The van der Waals surface area contributed by atoms with Crippen LogP contribution in [0.3, 0.4) is 0 Å². The molecular weight excluding hydrogens is 1180 g/mol. The van der Waals surface area contributed by atoms with Gasteiger partial charge >= 0.3 is 0 Å². The van der Waals surface area contributed by atoms with E-state index in [-0.39, 0.29) is 18.9 Å². The van der Waals surface area contributed by atoms with Crippen molar-refractivity contribution in [1.82, 2.24) is 5.32 Å². The van der Waals surface area contributed by atoms with Crippen LogP contribution in [0.1, 0.15) is 373 Å². The van der Waals surface area contributed by atoms with Gasteiger partial charge in [0.15, 0.2) is 12.6 Å². The Labute approximate surface area is 576 Å². The minimum Gasteiger partial charge on any atom is -0.394 e. The normalized spacial score (nSPS) is 22.6. The van der Waals surface area contributed by atoms with Gasteiger partial charge in [-0.05, 0) is 44.9 Å². The van der Waals surface area contributed by atoms with Crippen molar-refractivity contribution in [3.63, 3.8) is 0 Å². The zero-order valence-electron chi connectivity index (χ0n) is 60.7. The Hall–Kier alpha value is -1.79. The summed E-state index contributed by atoms with van der Waals surface area (Å²) in [6, 6.07) is -0.938. The lowest BCUT2D eigenvalue weighted by Crippen LogP contribution is -2.65. The van der Waals surface area contributed by atoms with E-state index >= 15 is 0 Å². The van der Waals surface area contributed by atoms with Gasteiger partial charge in [-0.25, -0.2) is 0 Å². The molecule has 0 aromatic carbocycles. The number of carbonyl (C=O) groups excluding carboxylic acids is 1. The van der Waals surface area contributed by atoms with Crippen molar-refractivity contribution in [1.29, 1.82) is 0 Å². The van der Waals surface area contributed by atoms with Gasteiger partial charge in [0, 0.05) is 6.42 Å². The topological polar surface area (TPSA) is 228 Å². The van der Waals surface area contributed by atoms with Gasteiger partial charge in [0.05, 0.1) is 32.0 Å². The maximum absolute atomic E-state index is 13.4. The first-order chi connectivity index (χ1) is 46.1. The number of hydrogen-bond donors (Lipinski definition) is 9. The molecule has 2 aliphatic heterocycles. The number of unbranched alkanes of at least 4 members (excludes halogenated alkanes) is 51. The molecule has 2 saturated heterocycles. The summed E-state index contributed by atoms with van der Waals surface area (Å²) in [7, 11) is 0. The van der Waals surface area contributed by atoms with Gasteiger partial charge in [-0.1, -0.05) is 359 Å². The van der Waals surface area contributed by atoms with E-state index in [0.29, 0.717) is 12.8 Å². The van der Waals surface area contributed by atoms with Crippen LogP contribution in [-0.4, -0.2) is 140 Å². The summed E-state index contributed by atoms with van der Waals surface area (Å²) in [6.07, 6.45) is 68.1. The molecule has 0 radical (unpaired) electrons. The molecule has 2 rings (SSSR count).